The Hall–Kier alpha value is -1.11. The van der Waals surface area contributed by atoms with E-state index in [2.05, 4.69) is 10.4 Å². The second-order valence-electron chi connectivity index (χ2n) is 6.24. The zero-order chi connectivity index (χ0) is 14.7. The van der Waals surface area contributed by atoms with Gasteiger partial charge in [-0.25, -0.2) is 4.68 Å². The number of amides is 1. The molecule has 1 aromatic heterocycles. The molecule has 1 aliphatic carbocycles. The van der Waals surface area contributed by atoms with Crippen LogP contribution in [0.4, 0.5) is 5.82 Å². The van der Waals surface area contributed by atoms with Crippen molar-refractivity contribution in [3.8, 4) is 0 Å². The van der Waals surface area contributed by atoms with Crippen molar-refractivity contribution in [3.05, 3.63) is 12.3 Å². The number of ether oxygens (including phenoxy) is 1. The van der Waals surface area contributed by atoms with Gasteiger partial charge >= 0.3 is 0 Å². The summed E-state index contributed by atoms with van der Waals surface area (Å²) in [6.45, 7) is 2.41. The fourth-order valence-electron chi connectivity index (χ4n) is 3.31. The van der Waals surface area contributed by atoms with Crippen LogP contribution in [0.15, 0.2) is 12.3 Å². The third-order valence-corrected chi connectivity index (χ3v) is 4.60. The second kappa shape index (κ2) is 7.94. The van der Waals surface area contributed by atoms with Gasteiger partial charge in [-0.1, -0.05) is 6.42 Å². The van der Waals surface area contributed by atoms with Crippen LogP contribution in [0.25, 0.3) is 0 Å². The summed E-state index contributed by atoms with van der Waals surface area (Å²) in [4.78, 5) is 12.2. The van der Waals surface area contributed by atoms with E-state index in [-0.39, 0.29) is 24.4 Å². The van der Waals surface area contributed by atoms with Gasteiger partial charge in [0.2, 0.25) is 5.91 Å². The van der Waals surface area contributed by atoms with Crippen molar-refractivity contribution >= 4 is 24.1 Å². The number of nitrogens with two attached hydrogens (primary N) is 1. The molecule has 1 unspecified atom stereocenters. The molecule has 3 N–H and O–H groups in total. The molecular weight excluding hydrogens is 304 g/mol. The van der Waals surface area contributed by atoms with Crippen molar-refractivity contribution in [1.29, 1.82) is 0 Å². The number of anilines is 1. The Morgan fingerprint density at radius 3 is 3.00 bits per heavy atom. The van der Waals surface area contributed by atoms with Gasteiger partial charge < -0.3 is 15.8 Å². The molecule has 0 radical (unpaired) electrons. The third kappa shape index (κ3) is 4.21. The van der Waals surface area contributed by atoms with E-state index in [9.17, 15) is 4.79 Å². The summed E-state index contributed by atoms with van der Waals surface area (Å²) in [5.41, 5.74) is 6.03. The highest BCUT2D eigenvalue weighted by Crippen LogP contribution is 2.27. The molecule has 2 heterocycles. The number of carbonyl (C=O) groups excluding carboxylic acids is 1. The topological polar surface area (TPSA) is 82.2 Å². The maximum atomic E-state index is 12.2. The molecule has 1 saturated heterocycles. The molecule has 6 nitrogen and oxygen atoms in total. The Labute approximate surface area is 137 Å². The summed E-state index contributed by atoms with van der Waals surface area (Å²) in [7, 11) is 0. The fraction of sp³-hybridized carbons (Fsp3) is 0.733. The summed E-state index contributed by atoms with van der Waals surface area (Å²) in [5.74, 6) is 1.63. The predicted octanol–water partition coefficient (Wildman–Crippen LogP) is 1.80. The van der Waals surface area contributed by atoms with Gasteiger partial charge in [0.1, 0.15) is 5.82 Å². The monoisotopic (exact) mass is 328 g/mol. The highest BCUT2D eigenvalue weighted by molar-refractivity contribution is 5.90. The lowest BCUT2D eigenvalue weighted by Gasteiger charge is -2.16. The summed E-state index contributed by atoms with van der Waals surface area (Å²) in [5, 5.41) is 7.28. The third-order valence-electron chi connectivity index (χ3n) is 4.60. The first kappa shape index (κ1) is 17.2. The number of aromatic nitrogens is 2. The molecule has 7 heteroatoms. The standard InChI is InChI=1S/C15H24N4O2.ClH/c16-13-3-1-2-12(13)8-15(20)18-14-4-6-17-19(14)9-11-5-7-21-10-11;/h4,6,11-13H,1-3,5,7-10,16H2,(H,18,20);1H/t11?,12-,13+;/m0./s1. The van der Waals surface area contributed by atoms with Gasteiger partial charge in [-0.2, -0.15) is 5.10 Å². The molecule has 2 aliphatic rings. The molecule has 0 bridgehead atoms. The number of hydrogen-bond donors (Lipinski definition) is 2. The Morgan fingerprint density at radius 1 is 1.45 bits per heavy atom. The van der Waals surface area contributed by atoms with E-state index in [4.69, 9.17) is 10.5 Å². The Kier molecular flexibility index (Phi) is 6.23. The molecule has 1 amide bonds. The largest absolute Gasteiger partial charge is 0.381 e. The maximum Gasteiger partial charge on any atom is 0.225 e. The maximum absolute atomic E-state index is 12.2. The first-order valence-electron chi connectivity index (χ1n) is 7.87. The molecular formula is C15H25ClN4O2. The molecule has 1 aliphatic heterocycles. The highest BCUT2D eigenvalue weighted by atomic mass is 35.5. The highest BCUT2D eigenvalue weighted by Gasteiger charge is 2.26. The number of halogens is 1. The van der Waals surface area contributed by atoms with E-state index in [0.29, 0.717) is 18.3 Å². The van der Waals surface area contributed by atoms with Gasteiger partial charge in [0, 0.05) is 37.6 Å². The van der Waals surface area contributed by atoms with Gasteiger partial charge in [0.25, 0.3) is 0 Å². The first-order chi connectivity index (χ1) is 10.2. The molecule has 124 valence electrons. The molecule has 1 aromatic rings. The van der Waals surface area contributed by atoms with Crippen LogP contribution in [0.3, 0.4) is 0 Å². The lowest BCUT2D eigenvalue weighted by molar-refractivity contribution is -0.117. The van der Waals surface area contributed by atoms with Crippen molar-refractivity contribution in [2.24, 2.45) is 17.6 Å². The number of carbonyl (C=O) groups is 1. The van der Waals surface area contributed by atoms with Crippen molar-refractivity contribution < 1.29 is 9.53 Å². The smallest absolute Gasteiger partial charge is 0.225 e. The van der Waals surface area contributed by atoms with Crippen molar-refractivity contribution in [3.63, 3.8) is 0 Å². The van der Waals surface area contributed by atoms with Crippen LogP contribution in [-0.2, 0) is 16.1 Å². The van der Waals surface area contributed by atoms with Crippen molar-refractivity contribution in [1.82, 2.24) is 9.78 Å². The minimum atomic E-state index is 0. The van der Waals surface area contributed by atoms with Crippen molar-refractivity contribution in [2.45, 2.75) is 44.7 Å². The van der Waals surface area contributed by atoms with Crippen LogP contribution in [-0.4, -0.2) is 34.9 Å². The second-order valence-corrected chi connectivity index (χ2v) is 6.24. The van der Waals surface area contributed by atoms with Crippen LogP contribution in [0, 0.1) is 11.8 Å². The average molecular weight is 329 g/mol. The average Bonchev–Trinajstić information content (AvgIpc) is 3.17. The van der Waals surface area contributed by atoms with E-state index in [1.165, 1.54) is 0 Å². The van der Waals surface area contributed by atoms with Crippen LogP contribution >= 0.6 is 12.4 Å². The molecule has 22 heavy (non-hydrogen) atoms. The van der Waals surface area contributed by atoms with Crippen LogP contribution < -0.4 is 11.1 Å². The van der Waals surface area contributed by atoms with Gasteiger partial charge in [0.05, 0.1) is 12.8 Å². The predicted molar refractivity (Wildman–Crippen MR) is 87.0 cm³/mol. The van der Waals surface area contributed by atoms with Gasteiger partial charge in [0.15, 0.2) is 0 Å². The van der Waals surface area contributed by atoms with E-state index in [1.54, 1.807) is 6.20 Å². The summed E-state index contributed by atoms with van der Waals surface area (Å²) in [6.07, 6.45) is 6.54. The van der Waals surface area contributed by atoms with E-state index in [0.717, 1.165) is 51.3 Å². The minimum Gasteiger partial charge on any atom is -0.381 e. The normalized spacial score (nSPS) is 27.6. The van der Waals surface area contributed by atoms with Gasteiger partial charge in [-0.3, -0.25) is 4.79 Å². The van der Waals surface area contributed by atoms with Gasteiger partial charge in [-0.05, 0) is 25.2 Å². The SMILES string of the molecule is Cl.N[C@@H]1CCC[C@H]1CC(=O)Nc1ccnn1CC1CCOC1. The van der Waals surface area contributed by atoms with Crippen LogP contribution in [0.1, 0.15) is 32.1 Å². The molecule has 3 rings (SSSR count). The van der Waals surface area contributed by atoms with E-state index < -0.39 is 0 Å². The quantitative estimate of drug-likeness (QED) is 0.863. The number of nitrogens with zero attached hydrogens (tertiary/aromatic N) is 2. The molecule has 2 fully saturated rings. The number of rotatable bonds is 5. The zero-order valence-electron chi connectivity index (χ0n) is 12.7. The summed E-state index contributed by atoms with van der Waals surface area (Å²) >= 11 is 0. The number of nitrogens with one attached hydrogen (secondary N) is 1. The van der Waals surface area contributed by atoms with Gasteiger partial charge in [-0.15, -0.1) is 12.4 Å². The Bertz CT molecular complexity index is 488. The first-order valence-corrected chi connectivity index (χ1v) is 7.87. The van der Waals surface area contributed by atoms with E-state index in [1.807, 2.05) is 10.7 Å². The van der Waals surface area contributed by atoms with Crippen LogP contribution in [0.2, 0.25) is 0 Å². The molecule has 0 spiro atoms. The lowest BCUT2D eigenvalue weighted by atomic mass is 10.00. The minimum absolute atomic E-state index is 0. The lowest BCUT2D eigenvalue weighted by Crippen LogP contribution is -2.28. The van der Waals surface area contributed by atoms with Crippen LogP contribution in [0.5, 0.6) is 0 Å². The molecule has 1 saturated carbocycles. The molecule has 3 atom stereocenters. The zero-order valence-corrected chi connectivity index (χ0v) is 13.6. The Morgan fingerprint density at radius 2 is 2.32 bits per heavy atom. The fourth-order valence-corrected chi connectivity index (χ4v) is 3.31. The summed E-state index contributed by atoms with van der Waals surface area (Å²) in [6, 6.07) is 2.03. The van der Waals surface area contributed by atoms with Crippen molar-refractivity contribution in [2.75, 3.05) is 18.5 Å². The summed E-state index contributed by atoms with van der Waals surface area (Å²) < 4.78 is 7.25. The Balaban J connectivity index is 0.00000176. The number of hydrogen-bond acceptors (Lipinski definition) is 4. The van der Waals surface area contributed by atoms with E-state index >= 15 is 0 Å². The molecule has 0 aromatic carbocycles.